The lowest BCUT2D eigenvalue weighted by Gasteiger charge is -2.27. The molecule has 1 unspecified atom stereocenters. The zero-order valence-corrected chi connectivity index (χ0v) is 38.8. The smallest absolute Gasteiger partial charge is 0.305 e. The van der Waals surface area contributed by atoms with Gasteiger partial charge >= 0.3 is 11.9 Å². The zero-order chi connectivity index (χ0) is 41.3. The van der Waals surface area contributed by atoms with Crippen molar-refractivity contribution in [3.8, 4) is 0 Å². The lowest BCUT2D eigenvalue weighted by Crippen LogP contribution is -2.36. The van der Waals surface area contributed by atoms with Crippen LogP contribution < -0.4 is 5.32 Å². The number of thiocarbonyl (C=S) groups is 1. The highest BCUT2D eigenvalue weighted by atomic mass is 32.1. The summed E-state index contributed by atoms with van der Waals surface area (Å²) in [6.45, 7) is 11.4. The molecular weight excluding hydrogens is 715 g/mol. The van der Waals surface area contributed by atoms with Crippen LogP contribution in [0.3, 0.4) is 0 Å². The second kappa shape index (κ2) is 41.7. The van der Waals surface area contributed by atoms with Crippen LogP contribution in [0.15, 0.2) is 0 Å². The predicted molar refractivity (Wildman–Crippen MR) is 246 cm³/mol. The lowest BCUT2D eigenvalue weighted by atomic mass is 9.79. The highest BCUT2D eigenvalue weighted by molar-refractivity contribution is 7.80. The van der Waals surface area contributed by atoms with Gasteiger partial charge in [0.05, 0.1) is 6.61 Å². The van der Waals surface area contributed by atoms with E-state index in [0.29, 0.717) is 31.3 Å². The molecule has 0 bridgehead atoms. The first-order valence-electron chi connectivity index (χ1n) is 24.3. The Hall–Kier alpha value is -1.41. The minimum absolute atomic E-state index is 0.0354. The van der Waals surface area contributed by atoms with E-state index in [1.807, 2.05) is 19.0 Å². The van der Waals surface area contributed by atoms with Crippen LogP contribution in [-0.2, 0) is 14.3 Å². The van der Waals surface area contributed by atoms with Crippen molar-refractivity contribution in [3.05, 3.63) is 0 Å². The van der Waals surface area contributed by atoms with Gasteiger partial charge in [0.15, 0.2) is 5.11 Å². The highest BCUT2D eigenvalue weighted by Gasteiger charge is 2.23. The van der Waals surface area contributed by atoms with Crippen molar-refractivity contribution in [2.75, 3.05) is 46.9 Å². The maximum atomic E-state index is 12.3. The Morgan fingerprint density at radius 2 is 0.964 bits per heavy atom. The summed E-state index contributed by atoms with van der Waals surface area (Å²) in [6, 6.07) is 0. The van der Waals surface area contributed by atoms with Crippen molar-refractivity contribution in [1.29, 1.82) is 0 Å². The second-order valence-electron chi connectivity index (χ2n) is 17.3. The monoisotopic (exact) mass is 810 g/mol. The van der Waals surface area contributed by atoms with Crippen LogP contribution in [0.2, 0.25) is 0 Å². The lowest BCUT2D eigenvalue weighted by molar-refractivity contribution is -0.144. The normalized spacial score (nSPS) is 12.1. The molecule has 0 amide bonds. The molecule has 0 aromatic heterocycles. The molecule has 0 fully saturated rings. The van der Waals surface area contributed by atoms with Crippen LogP contribution in [0.25, 0.3) is 0 Å². The maximum absolute atomic E-state index is 12.3. The van der Waals surface area contributed by atoms with Gasteiger partial charge in [0.2, 0.25) is 0 Å². The Morgan fingerprint density at radius 1 is 0.554 bits per heavy atom. The van der Waals surface area contributed by atoms with E-state index in [0.717, 1.165) is 95.5 Å². The Labute approximate surface area is 354 Å². The van der Waals surface area contributed by atoms with Gasteiger partial charge in [-0.3, -0.25) is 9.59 Å². The Morgan fingerprint density at radius 3 is 1.45 bits per heavy atom. The van der Waals surface area contributed by atoms with Crippen molar-refractivity contribution in [2.24, 2.45) is 11.8 Å². The van der Waals surface area contributed by atoms with Gasteiger partial charge in [0, 0.05) is 33.5 Å². The number of carbonyl (C=O) groups is 2. The van der Waals surface area contributed by atoms with Gasteiger partial charge < -0.3 is 25.0 Å². The summed E-state index contributed by atoms with van der Waals surface area (Å²) < 4.78 is 5.53. The third-order valence-electron chi connectivity index (χ3n) is 11.7. The van der Waals surface area contributed by atoms with Crippen LogP contribution in [-0.4, -0.2) is 78.8 Å². The zero-order valence-electron chi connectivity index (χ0n) is 38.0. The molecule has 0 saturated carbocycles. The fourth-order valence-electron chi connectivity index (χ4n) is 8.08. The average Bonchev–Trinajstić information content (AvgIpc) is 3.17. The number of esters is 1. The molecular formula is C48H95N3O4S. The summed E-state index contributed by atoms with van der Waals surface area (Å²) in [4.78, 5) is 28.9. The molecule has 8 heteroatoms. The van der Waals surface area contributed by atoms with Crippen molar-refractivity contribution in [1.82, 2.24) is 15.1 Å². The highest BCUT2D eigenvalue weighted by Crippen LogP contribution is 2.32. The quantitative estimate of drug-likeness (QED) is 0.0358. The molecule has 0 heterocycles. The third-order valence-corrected chi connectivity index (χ3v) is 12.2. The molecule has 0 aliphatic carbocycles. The number of hydrogen-bond donors (Lipinski definition) is 2. The summed E-state index contributed by atoms with van der Waals surface area (Å²) >= 11 is 5.42. The molecule has 0 radical (unpaired) electrons. The molecule has 0 rings (SSSR count). The average molecular weight is 810 g/mol. The minimum Gasteiger partial charge on any atom is -0.481 e. The Kier molecular flexibility index (Phi) is 40.7. The Balaban J connectivity index is 4.79. The van der Waals surface area contributed by atoms with Crippen LogP contribution in [0, 0.1) is 11.8 Å². The fourth-order valence-corrected chi connectivity index (χ4v) is 8.18. The molecule has 56 heavy (non-hydrogen) atoms. The van der Waals surface area contributed by atoms with Gasteiger partial charge in [-0.2, -0.15) is 0 Å². The molecule has 1 atom stereocenters. The van der Waals surface area contributed by atoms with Crippen LogP contribution in [0.5, 0.6) is 0 Å². The molecule has 0 aromatic carbocycles. The summed E-state index contributed by atoms with van der Waals surface area (Å²) in [5, 5.41) is 14.1. The number of unbranched alkanes of at least 4 members (excludes halogenated alkanes) is 22. The Bertz CT molecular complexity index is 872. The molecule has 332 valence electrons. The number of hydrogen-bond acceptors (Lipinski definition) is 5. The van der Waals surface area contributed by atoms with E-state index in [9.17, 15) is 14.7 Å². The number of rotatable bonds is 43. The number of carbonyl (C=O) groups excluding carboxylic acids is 1. The number of ether oxygens (including phenoxy) is 1. The fraction of sp³-hybridized carbons (Fsp3) is 0.938. The van der Waals surface area contributed by atoms with Crippen molar-refractivity contribution in [2.45, 2.75) is 233 Å². The summed E-state index contributed by atoms with van der Waals surface area (Å²) in [5.74, 6) is 0.199. The first-order valence-corrected chi connectivity index (χ1v) is 24.7. The van der Waals surface area contributed by atoms with E-state index in [2.05, 4.69) is 31.0 Å². The van der Waals surface area contributed by atoms with Crippen molar-refractivity contribution >= 4 is 29.3 Å². The largest absolute Gasteiger partial charge is 0.481 e. The van der Waals surface area contributed by atoms with E-state index >= 15 is 0 Å². The molecule has 0 spiro atoms. The first-order chi connectivity index (χ1) is 27.2. The van der Waals surface area contributed by atoms with E-state index in [1.54, 1.807) is 0 Å². The van der Waals surface area contributed by atoms with Crippen molar-refractivity contribution in [3.63, 3.8) is 0 Å². The standard InChI is InChI=1S/C48H95N3O4S/c1-6-9-12-15-18-19-20-23-32-42-55-47(54)37-29-25-31-40-51(41-33-38-49-48(56)50(4)5)39-30-24-28-36-45(43-46(52)53)44(34-26-21-16-13-10-7-2)35-27-22-17-14-11-8-3/h44-45H,6-43H2,1-5H3,(H,49,56)(H,52,53). The van der Waals surface area contributed by atoms with Gasteiger partial charge in [-0.1, -0.05) is 181 Å². The topological polar surface area (TPSA) is 82.1 Å². The van der Waals surface area contributed by atoms with E-state index in [1.165, 1.54) is 135 Å². The molecule has 7 nitrogen and oxygen atoms in total. The van der Waals surface area contributed by atoms with Crippen molar-refractivity contribution < 1.29 is 19.4 Å². The number of nitrogens with one attached hydrogen (secondary N) is 1. The summed E-state index contributed by atoms with van der Waals surface area (Å²) in [6.07, 6.45) is 38.9. The van der Waals surface area contributed by atoms with Gasteiger partial charge in [0.1, 0.15) is 0 Å². The number of aliphatic carboxylic acids is 1. The van der Waals surface area contributed by atoms with Gasteiger partial charge in [0.25, 0.3) is 0 Å². The SMILES string of the molecule is CCCCCCCCCCCOC(=O)CCCCCN(CCCCCC(CC(=O)O)C(CCCCCCCC)CCCCCCCC)CCCNC(=S)N(C)C. The molecule has 0 saturated heterocycles. The number of carboxylic acid groups (broad SMARTS) is 1. The van der Waals surface area contributed by atoms with Crippen LogP contribution in [0.1, 0.15) is 233 Å². The van der Waals surface area contributed by atoms with Crippen LogP contribution >= 0.6 is 12.2 Å². The number of nitrogens with zero attached hydrogens (tertiary/aromatic N) is 2. The van der Waals surface area contributed by atoms with Gasteiger partial charge in [-0.15, -0.1) is 0 Å². The summed E-state index contributed by atoms with van der Waals surface area (Å²) in [5.41, 5.74) is 0. The van der Waals surface area contributed by atoms with E-state index in [4.69, 9.17) is 17.0 Å². The predicted octanol–water partition coefficient (Wildman–Crippen LogP) is 13.5. The summed E-state index contributed by atoms with van der Waals surface area (Å²) in [7, 11) is 3.95. The molecule has 0 aromatic rings. The maximum Gasteiger partial charge on any atom is 0.305 e. The number of carboxylic acids is 1. The second-order valence-corrected chi connectivity index (χ2v) is 17.6. The molecule has 2 N–H and O–H groups in total. The van der Waals surface area contributed by atoms with Crippen LogP contribution in [0.4, 0.5) is 0 Å². The van der Waals surface area contributed by atoms with E-state index in [-0.39, 0.29) is 5.97 Å². The molecule has 0 aliphatic rings. The van der Waals surface area contributed by atoms with E-state index < -0.39 is 5.97 Å². The molecule has 0 aliphatic heterocycles. The minimum atomic E-state index is -0.619. The van der Waals surface area contributed by atoms with Gasteiger partial charge in [-0.25, -0.2) is 0 Å². The third kappa shape index (κ3) is 36.9. The first kappa shape index (κ1) is 54.6. The van der Waals surface area contributed by atoms with Gasteiger partial charge in [-0.05, 0) is 82.2 Å².